The molecule has 2 heterocycles. The minimum Gasteiger partial charge on any atom is -0.373 e. The zero-order chi connectivity index (χ0) is 35.7. The number of ether oxygens (including phenoxy) is 2. The van der Waals surface area contributed by atoms with Crippen molar-refractivity contribution >= 4 is 29.5 Å². The maximum absolute atomic E-state index is 14.4. The second-order valence-corrected chi connectivity index (χ2v) is 16.5. The highest BCUT2D eigenvalue weighted by molar-refractivity contribution is 7.99. The van der Waals surface area contributed by atoms with Crippen molar-refractivity contribution in [1.82, 2.24) is 20.9 Å². The molecule has 0 saturated carbocycles. The average Bonchev–Trinajstić information content (AvgIpc) is 3.76. The van der Waals surface area contributed by atoms with Crippen LogP contribution >= 0.6 is 11.8 Å². The normalized spacial score (nSPS) is 25.8. The Balaban J connectivity index is 1.01. The molecular formula is C41H50N4O5S. The van der Waals surface area contributed by atoms with Gasteiger partial charge in [-0.25, -0.2) is 0 Å². The van der Waals surface area contributed by atoms with E-state index in [1.807, 2.05) is 12.1 Å². The van der Waals surface area contributed by atoms with E-state index in [-0.39, 0.29) is 41.3 Å². The van der Waals surface area contributed by atoms with Crippen LogP contribution in [0.25, 0.3) is 0 Å². The molecule has 270 valence electrons. The molecule has 10 heteroatoms. The second kappa shape index (κ2) is 15.1. The lowest BCUT2D eigenvalue weighted by Gasteiger charge is -2.35. The SMILES string of the molecule is CN[C@@H](C)C(=O)N[C@H]1CCSC2CC(C)(C)[C@@H](C(=O)N[C@H]3c4ccccc4C[C@H]3OCc3ccc(COC4Cc5ccccc5C4)cc3)N2C1=O. The molecule has 9 nitrogen and oxygen atoms in total. The van der Waals surface area contributed by atoms with Crippen LogP contribution < -0.4 is 16.0 Å². The van der Waals surface area contributed by atoms with Crippen LogP contribution in [0.5, 0.6) is 0 Å². The molecule has 51 heavy (non-hydrogen) atoms. The van der Waals surface area contributed by atoms with Crippen LogP contribution in [-0.4, -0.2) is 71.1 Å². The first-order chi connectivity index (χ1) is 24.6. The number of benzene rings is 3. The highest BCUT2D eigenvalue weighted by Crippen LogP contribution is 2.47. The van der Waals surface area contributed by atoms with Gasteiger partial charge in [-0.05, 0) is 84.2 Å². The van der Waals surface area contributed by atoms with Crippen molar-refractivity contribution in [2.45, 2.75) is 108 Å². The molecule has 2 saturated heterocycles. The first-order valence-electron chi connectivity index (χ1n) is 18.3. The molecule has 0 spiro atoms. The molecule has 4 aliphatic rings. The van der Waals surface area contributed by atoms with Crippen LogP contribution in [0.4, 0.5) is 0 Å². The molecule has 0 radical (unpaired) electrons. The summed E-state index contributed by atoms with van der Waals surface area (Å²) in [4.78, 5) is 43.0. The molecule has 2 aliphatic carbocycles. The standard InChI is InChI=1S/C41H50N4O5S/c1-25(42-4)38(46)43-33-17-18-51-35-22-41(2,3)37(45(35)40(33)48)39(47)44-36-32-12-8-7-11-30(32)21-34(36)50-24-27-15-13-26(14-16-27)23-49-31-19-28-9-5-6-10-29(28)20-31/h5-16,25,31,33-37,42H,17-24H2,1-4H3,(H,43,46)(H,44,47)/t25-,33-,34+,35?,36-,37+/m0/s1. The lowest BCUT2D eigenvalue weighted by Crippen LogP contribution is -2.58. The second-order valence-electron chi connectivity index (χ2n) is 15.2. The van der Waals surface area contributed by atoms with Crippen LogP contribution in [0.15, 0.2) is 72.8 Å². The van der Waals surface area contributed by atoms with Crippen molar-refractivity contribution in [3.05, 3.63) is 106 Å². The van der Waals surface area contributed by atoms with E-state index in [4.69, 9.17) is 9.47 Å². The quantitative estimate of drug-likeness (QED) is 0.261. The zero-order valence-corrected chi connectivity index (χ0v) is 30.8. The Morgan fingerprint density at radius 1 is 0.882 bits per heavy atom. The summed E-state index contributed by atoms with van der Waals surface area (Å²) in [6.07, 6.45) is 3.80. The van der Waals surface area contributed by atoms with Crippen LogP contribution in [0.3, 0.4) is 0 Å². The number of fused-ring (bicyclic) bond motifs is 3. The van der Waals surface area contributed by atoms with E-state index in [0.717, 1.165) is 40.8 Å². The van der Waals surface area contributed by atoms with E-state index in [0.29, 0.717) is 32.5 Å². The fourth-order valence-electron chi connectivity index (χ4n) is 8.18. The van der Waals surface area contributed by atoms with E-state index in [9.17, 15) is 14.4 Å². The molecular weight excluding hydrogens is 661 g/mol. The van der Waals surface area contributed by atoms with Gasteiger partial charge in [0, 0.05) is 6.42 Å². The molecule has 0 bridgehead atoms. The van der Waals surface area contributed by atoms with Crippen molar-refractivity contribution in [1.29, 1.82) is 0 Å². The molecule has 3 aromatic rings. The number of nitrogens with one attached hydrogen (secondary N) is 3. The number of likely N-dealkylation sites (N-methyl/N-ethyl adjacent to an activating group) is 1. The summed E-state index contributed by atoms with van der Waals surface area (Å²) in [7, 11) is 1.72. The van der Waals surface area contributed by atoms with Crippen LogP contribution in [-0.2, 0) is 56.3 Å². The molecule has 3 N–H and O–H groups in total. The Morgan fingerprint density at radius 2 is 1.51 bits per heavy atom. The topological polar surface area (TPSA) is 109 Å². The van der Waals surface area contributed by atoms with Gasteiger partial charge >= 0.3 is 0 Å². The van der Waals surface area contributed by atoms with Gasteiger partial charge in [-0.3, -0.25) is 14.4 Å². The zero-order valence-electron chi connectivity index (χ0n) is 30.0. The van der Waals surface area contributed by atoms with Crippen LogP contribution in [0, 0.1) is 5.41 Å². The first-order valence-corrected chi connectivity index (χ1v) is 19.3. The number of rotatable bonds is 11. The van der Waals surface area contributed by atoms with Crippen LogP contribution in [0.2, 0.25) is 0 Å². The first kappa shape index (κ1) is 35.7. The molecule has 7 rings (SSSR count). The summed E-state index contributed by atoms with van der Waals surface area (Å²) in [6, 6.07) is 23.0. The highest BCUT2D eigenvalue weighted by atomic mass is 32.2. The summed E-state index contributed by atoms with van der Waals surface area (Å²) in [5.74, 6) is 0.136. The van der Waals surface area contributed by atoms with Gasteiger partial charge in [0.25, 0.3) is 0 Å². The third kappa shape index (κ3) is 7.61. The van der Waals surface area contributed by atoms with Crippen molar-refractivity contribution in [3.8, 4) is 0 Å². The van der Waals surface area contributed by atoms with Crippen LogP contribution in [0.1, 0.15) is 73.0 Å². The number of carbonyl (C=O) groups is 3. The monoisotopic (exact) mass is 710 g/mol. The molecule has 2 aliphatic heterocycles. The minimum atomic E-state index is -0.677. The molecule has 0 aromatic heterocycles. The third-order valence-electron chi connectivity index (χ3n) is 11.2. The largest absolute Gasteiger partial charge is 0.373 e. The van der Waals surface area contributed by atoms with Gasteiger partial charge in [-0.1, -0.05) is 86.6 Å². The molecule has 2 fully saturated rings. The van der Waals surface area contributed by atoms with Gasteiger partial charge in [0.2, 0.25) is 17.7 Å². The fraction of sp³-hybridized carbons (Fsp3) is 0.488. The lowest BCUT2D eigenvalue weighted by molar-refractivity contribution is -0.144. The van der Waals surface area contributed by atoms with Gasteiger partial charge in [0.05, 0.1) is 42.9 Å². The van der Waals surface area contributed by atoms with E-state index in [2.05, 4.69) is 90.5 Å². The Morgan fingerprint density at radius 3 is 2.18 bits per heavy atom. The smallest absolute Gasteiger partial charge is 0.246 e. The summed E-state index contributed by atoms with van der Waals surface area (Å²) >= 11 is 1.70. The van der Waals surface area contributed by atoms with Crippen molar-refractivity contribution < 1.29 is 23.9 Å². The van der Waals surface area contributed by atoms with Gasteiger partial charge < -0.3 is 30.3 Å². The van der Waals surface area contributed by atoms with Gasteiger partial charge in [0.1, 0.15) is 12.1 Å². The Hall–Kier alpha value is -3.70. The maximum atomic E-state index is 14.4. The van der Waals surface area contributed by atoms with E-state index in [1.54, 1.807) is 30.6 Å². The molecule has 1 unspecified atom stereocenters. The maximum Gasteiger partial charge on any atom is 0.246 e. The highest BCUT2D eigenvalue weighted by Gasteiger charge is 2.55. The number of amides is 3. The predicted molar refractivity (Wildman–Crippen MR) is 199 cm³/mol. The predicted octanol–water partition coefficient (Wildman–Crippen LogP) is 4.85. The molecule has 3 aromatic carbocycles. The summed E-state index contributed by atoms with van der Waals surface area (Å²) in [5, 5.41) is 9.11. The number of hydrogen-bond donors (Lipinski definition) is 3. The van der Waals surface area contributed by atoms with Crippen molar-refractivity contribution in [2.24, 2.45) is 5.41 Å². The molecule has 6 atom stereocenters. The van der Waals surface area contributed by atoms with Gasteiger partial charge in [-0.15, -0.1) is 11.8 Å². The van der Waals surface area contributed by atoms with Gasteiger partial charge in [-0.2, -0.15) is 0 Å². The Bertz CT molecular complexity index is 1720. The van der Waals surface area contributed by atoms with E-state index >= 15 is 0 Å². The fourth-order valence-corrected chi connectivity index (χ4v) is 9.76. The summed E-state index contributed by atoms with van der Waals surface area (Å²) < 4.78 is 12.8. The van der Waals surface area contributed by atoms with Crippen molar-refractivity contribution in [3.63, 3.8) is 0 Å². The average molecular weight is 711 g/mol. The van der Waals surface area contributed by atoms with Gasteiger partial charge in [0.15, 0.2) is 0 Å². The van der Waals surface area contributed by atoms with Crippen molar-refractivity contribution in [2.75, 3.05) is 12.8 Å². The van der Waals surface area contributed by atoms with E-state index in [1.165, 1.54) is 11.1 Å². The Labute approximate surface area is 305 Å². The molecule has 3 amide bonds. The number of thioether (sulfide) groups is 1. The number of hydrogen-bond acceptors (Lipinski definition) is 7. The lowest BCUT2D eigenvalue weighted by atomic mass is 9.83. The minimum absolute atomic E-state index is 0.127. The third-order valence-corrected chi connectivity index (χ3v) is 12.4. The van der Waals surface area contributed by atoms with E-state index < -0.39 is 23.5 Å². The summed E-state index contributed by atoms with van der Waals surface area (Å²) in [6.45, 7) is 6.88. The Kier molecular flexibility index (Phi) is 10.6. The summed E-state index contributed by atoms with van der Waals surface area (Å²) in [5.41, 5.74) is 6.71. The number of carbonyl (C=O) groups excluding carboxylic acids is 3. The number of nitrogens with zero attached hydrogens (tertiary/aromatic N) is 1.